The highest BCUT2D eigenvalue weighted by Gasteiger charge is 2.40. The molecule has 37 heavy (non-hydrogen) atoms. The number of rotatable bonds is 13. The first-order valence-corrected chi connectivity index (χ1v) is 16.0. The van der Waals surface area contributed by atoms with Crippen LogP contribution in [0.4, 0.5) is 4.79 Å². The average molecular weight is 529 g/mol. The number of hydrogen-bond acceptors (Lipinski definition) is 5. The Morgan fingerprint density at radius 3 is 2.08 bits per heavy atom. The Morgan fingerprint density at radius 2 is 1.54 bits per heavy atom. The number of aliphatic hydroxyl groups excluding tert-OH is 1. The molecule has 0 bridgehead atoms. The molecule has 0 spiro atoms. The predicted molar refractivity (Wildman–Crippen MR) is 149 cm³/mol. The van der Waals surface area contributed by atoms with Crippen molar-refractivity contribution in [3.8, 4) is 0 Å². The minimum absolute atomic E-state index is 0.0201. The Bertz CT molecular complexity index is 963. The second-order valence-electron chi connectivity index (χ2n) is 11.0. The Kier molecular flexibility index (Phi) is 11.8. The zero-order chi connectivity index (χ0) is 27.5. The van der Waals surface area contributed by atoms with Crippen LogP contribution >= 0.6 is 0 Å². The minimum Gasteiger partial charge on any atom is -0.445 e. The third kappa shape index (κ3) is 9.95. The third-order valence-electron chi connectivity index (χ3n) is 7.01. The van der Waals surface area contributed by atoms with Gasteiger partial charge >= 0.3 is 6.09 Å². The van der Waals surface area contributed by atoms with E-state index in [0.29, 0.717) is 19.4 Å². The third-order valence-corrected chi connectivity index (χ3v) is 11.5. The van der Waals surface area contributed by atoms with Gasteiger partial charge in [0.25, 0.3) is 0 Å². The smallest absolute Gasteiger partial charge is 0.407 e. The maximum absolute atomic E-state index is 13.3. The first-order chi connectivity index (χ1) is 17.4. The van der Waals surface area contributed by atoms with Crippen LogP contribution in [0.3, 0.4) is 0 Å². The zero-order valence-electron chi connectivity index (χ0n) is 23.1. The van der Waals surface area contributed by atoms with Gasteiger partial charge < -0.3 is 24.9 Å². The Hall–Kier alpha value is -2.68. The zero-order valence-corrected chi connectivity index (χ0v) is 24.1. The molecule has 0 heterocycles. The Morgan fingerprint density at radius 1 is 0.973 bits per heavy atom. The molecule has 204 valence electrons. The highest BCUT2D eigenvalue weighted by atomic mass is 28.4. The summed E-state index contributed by atoms with van der Waals surface area (Å²) in [7, 11) is -2.16. The molecule has 0 radical (unpaired) electrons. The van der Waals surface area contributed by atoms with Crippen LogP contribution in [0.25, 0.3) is 0 Å². The molecule has 0 aromatic heterocycles. The maximum Gasteiger partial charge on any atom is 0.407 e. The monoisotopic (exact) mass is 528 g/mol. The quantitative estimate of drug-likeness (QED) is 0.303. The topological polar surface area (TPSA) is 96.9 Å². The van der Waals surface area contributed by atoms with Crippen LogP contribution in [0.2, 0.25) is 18.1 Å². The molecule has 2 rings (SSSR count). The van der Waals surface area contributed by atoms with Gasteiger partial charge in [0.1, 0.15) is 6.61 Å². The molecule has 0 fully saturated rings. The molecule has 2 amide bonds. The standard InChI is InChI=1S/C29H44N2O5Si/c1-7-14-24(27(33)30-19-22-15-10-8-11-16-22)26(25(32)21-36-37(5,6)29(2,3)4)31-28(34)35-20-23-17-12-9-13-18-23/h8-13,15-18,24-26,32H,7,14,19-21H2,1-6H3,(H,30,33)(H,31,34)/t24-,25+,26-/m0/s1. The van der Waals surface area contributed by atoms with E-state index < -0.39 is 32.5 Å². The number of carbonyl (C=O) groups is 2. The summed E-state index contributed by atoms with van der Waals surface area (Å²) < 4.78 is 11.7. The van der Waals surface area contributed by atoms with Gasteiger partial charge in [0, 0.05) is 6.54 Å². The molecular formula is C29H44N2O5Si. The number of ether oxygens (including phenoxy) is 1. The summed E-state index contributed by atoms with van der Waals surface area (Å²) in [6.07, 6.45) is -0.577. The van der Waals surface area contributed by atoms with E-state index in [1.54, 1.807) is 0 Å². The van der Waals surface area contributed by atoms with E-state index in [9.17, 15) is 14.7 Å². The molecule has 0 aliphatic carbocycles. The van der Waals surface area contributed by atoms with Gasteiger partial charge in [-0.1, -0.05) is 94.8 Å². The summed E-state index contributed by atoms with van der Waals surface area (Å²) in [5.41, 5.74) is 1.82. The number of aliphatic hydroxyl groups is 1. The summed E-state index contributed by atoms with van der Waals surface area (Å²) in [5.74, 6) is -0.888. The van der Waals surface area contributed by atoms with Crippen LogP contribution in [0.5, 0.6) is 0 Å². The lowest BCUT2D eigenvalue weighted by Crippen LogP contribution is -2.55. The number of carbonyl (C=O) groups excluding carboxylic acids is 2. The van der Waals surface area contributed by atoms with Gasteiger partial charge in [-0.25, -0.2) is 4.79 Å². The van der Waals surface area contributed by atoms with E-state index in [1.807, 2.05) is 67.6 Å². The first-order valence-electron chi connectivity index (χ1n) is 13.1. The summed E-state index contributed by atoms with van der Waals surface area (Å²) in [4.78, 5) is 26.1. The van der Waals surface area contributed by atoms with Gasteiger partial charge in [-0.2, -0.15) is 0 Å². The van der Waals surface area contributed by atoms with Crippen LogP contribution in [0, 0.1) is 5.92 Å². The van der Waals surface area contributed by atoms with Crippen LogP contribution in [-0.2, 0) is 27.1 Å². The van der Waals surface area contributed by atoms with Crippen molar-refractivity contribution in [1.82, 2.24) is 10.6 Å². The number of hydrogen-bond donors (Lipinski definition) is 3. The van der Waals surface area contributed by atoms with Gasteiger partial charge in [0.15, 0.2) is 8.32 Å². The van der Waals surface area contributed by atoms with Crippen LogP contribution in [-0.4, -0.2) is 44.2 Å². The van der Waals surface area contributed by atoms with Crippen LogP contribution < -0.4 is 10.6 Å². The fraction of sp³-hybridized carbons (Fsp3) is 0.517. The fourth-order valence-corrected chi connectivity index (χ4v) is 4.70. The number of amides is 2. The molecule has 2 aromatic carbocycles. The molecule has 3 atom stereocenters. The first kappa shape index (κ1) is 30.5. The van der Waals surface area contributed by atoms with E-state index in [1.165, 1.54) is 0 Å². The summed E-state index contributed by atoms with van der Waals surface area (Å²) in [5, 5.41) is 17.0. The van der Waals surface area contributed by atoms with Gasteiger partial charge in [0.2, 0.25) is 5.91 Å². The molecule has 2 aromatic rings. The van der Waals surface area contributed by atoms with Gasteiger partial charge in [-0.3, -0.25) is 4.79 Å². The summed E-state index contributed by atoms with van der Waals surface area (Å²) >= 11 is 0. The molecule has 0 saturated carbocycles. The fourth-order valence-electron chi connectivity index (χ4n) is 3.68. The van der Waals surface area contributed by atoms with Crippen molar-refractivity contribution in [1.29, 1.82) is 0 Å². The predicted octanol–water partition coefficient (Wildman–Crippen LogP) is 5.40. The van der Waals surface area contributed by atoms with Crippen LogP contribution in [0.15, 0.2) is 60.7 Å². The molecular weight excluding hydrogens is 484 g/mol. The second kappa shape index (κ2) is 14.3. The van der Waals surface area contributed by atoms with Crippen molar-refractivity contribution < 1.29 is 23.9 Å². The van der Waals surface area contributed by atoms with Crippen LogP contribution in [0.1, 0.15) is 51.7 Å². The molecule has 0 aliphatic heterocycles. The lowest BCUT2D eigenvalue weighted by Gasteiger charge is -2.38. The molecule has 0 unspecified atom stereocenters. The maximum atomic E-state index is 13.3. The van der Waals surface area contributed by atoms with E-state index in [2.05, 4.69) is 44.5 Å². The molecule has 0 saturated heterocycles. The molecule has 3 N–H and O–H groups in total. The van der Waals surface area contributed by atoms with Crippen molar-refractivity contribution in [2.45, 2.75) is 84.0 Å². The van der Waals surface area contributed by atoms with Crippen molar-refractivity contribution >= 4 is 20.3 Å². The summed E-state index contributed by atoms with van der Waals surface area (Å²) in [6.45, 7) is 13.0. The van der Waals surface area contributed by atoms with E-state index in [4.69, 9.17) is 9.16 Å². The SMILES string of the molecule is CCC[C@H](C(=O)NCc1ccccc1)[C@H](NC(=O)OCc1ccccc1)[C@H](O)CO[Si](C)(C)C(C)(C)C. The Balaban J connectivity index is 2.17. The number of nitrogens with one attached hydrogen (secondary N) is 2. The largest absolute Gasteiger partial charge is 0.445 e. The normalized spacial score (nSPS) is 14.4. The van der Waals surface area contributed by atoms with Crippen molar-refractivity contribution in [3.63, 3.8) is 0 Å². The summed E-state index contributed by atoms with van der Waals surface area (Å²) in [6, 6.07) is 18.1. The van der Waals surface area contributed by atoms with E-state index >= 15 is 0 Å². The lowest BCUT2D eigenvalue weighted by atomic mass is 9.90. The van der Waals surface area contributed by atoms with Crippen molar-refractivity contribution in [3.05, 3.63) is 71.8 Å². The average Bonchev–Trinajstić information content (AvgIpc) is 2.87. The van der Waals surface area contributed by atoms with Crippen molar-refractivity contribution in [2.24, 2.45) is 5.92 Å². The van der Waals surface area contributed by atoms with Gasteiger partial charge in [-0.05, 0) is 35.7 Å². The minimum atomic E-state index is -2.16. The van der Waals surface area contributed by atoms with Gasteiger partial charge in [-0.15, -0.1) is 0 Å². The lowest BCUT2D eigenvalue weighted by molar-refractivity contribution is -0.127. The number of alkyl carbamates (subject to hydrolysis) is 1. The molecule has 8 heteroatoms. The molecule has 7 nitrogen and oxygen atoms in total. The second-order valence-corrected chi connectivity index (χ2v) is 15.8. The van der Waals surface area contributed by atoms with E-state index in [0.717, 1.165) is 11.1 Å². The number of benzene rings is 2. The van der Waals surface area contributed by atoms with E-state index in [-0.39, 0.29) is 24.2 Å². The van der Waals surface area contributed by atoms with Gasteiger partial charge in [0.05, 0.1) is 24.7 Å². The van der Waals surface area contributed by atoms with Crippen molar-refractivity contribution in [2.75, 3.05) is 6.61 Å². The Labute approximate surface area is 223 Å². The molecule has 0 aliphatic rings. The highest BCUT2D eigenvalue weighted by Crippen LogP contribution is 2.36. The highest BCUT2D eigenvalue weighted by molar-refractivity contribution is 6.74.